The van der Waals surface area contributed by atoms with Gasteiger partial charge in [-0.1, -0.05) is 0 Å². The number of ether oxygens (including phenoxy) is 1. The molecule has 0 aliphatic carbocycles. The van der Waals surface area contributed by atoms with Gasteiger partial charge < -0.3 is 19.4 Å². The molecule has 1 fully saturated rings. The molecule has 8 heteroatoms. The summed E-state index contributed by atoms with van der Waals surface area (Å²) in [5.74, 6) is 0.345. The highest BCUT2D eigenvalue weighted by atomic mass is 32.1. The van der Waals surface area contributed by atoms with E-state index in [2.05, 4.69) is 4.98 Å². The van der Waals surface area contributed by atoms with Crippen LogP contribution in [0.4, 0.5) is 4.79 Å². The van der Waals surface area contributed by atoms with Crippen LogP contribution in [0, 0.1) is 0 Å². The maximum atomic E-state index is 12.2. The van der Waals surface area contributed by atoms with E-state index in [1.807, 2.05) is 34.6 Å². The molecule has 27 heavy (non-hydrogen) atoms. The number of aromatic nitrogens is 1. The van der Waals surface area contributed by atoms with Crippen LogP contribution in [0.1, 0.15) is 72.2 Å². The molecule has 0 unspecified atom stereocenters. The lowest BCUT2D eigenvalue weighted by Gasteiger charge is -2.37. The normalized spacial score (nSPS) is 17.1. The summed E-state index contributed by atoms with van der Waals surface area (Å²) in [6, 6.07) is 0. The first-order valence-electron chi connectivity index (χ1n) is 9.45. The summed E-state index contributed by atoms with van der Waals surface area (Å²) >= 11 is 1.60. The van der Waals surface area contributed by atoms with Crippen molar-refractivity contribution in [3.05, 3.63) is 11.2 Å². The minimum Gasteiger partial charge on any atom is -0.444 e. The molecule has 1 radical (unpaired) electrons. The zero-order valence-electron chi connectivity index (χ0n) is 17.5. The van der Waals surface area contributed by atoms with Gasteiger partial charge in [-0.05, 0) is 61.3 Å². The molecule has 0 spiro atoms. The summed E-state index contributed by atoms with van der Waals surface area (Å²) in [5.41, 5.74) is -2.12. The number of aliphatic hydroxyl groups is 1. The molecular weight excluding hydrogens is 363 g/mol. The van der Waals surface area contributed by atoms with E-state index in [0.29, 0.717) is 19.0 Å². The fourth-order valence-electron chi connectivity index (χ4n) is 2.53. The van der Waals surface area contributed by atoms with Crippen molar-refractivity contribution in [3.8, 4) is 0 Å². The van der Waals surface area contributed by atoms with E-state index in [1.165, 1.54) is 0 Å². The Kier molecular flexibility index (Phi) is 6.65. The zero-order valence-corrected chi connectivity index (χ0v) is 18.4. The summed E-state index contributed by atoms with van der Waals surface area (Å²) in [6.45, 7) is 14.2. The first-order chi connectivity index (χ1) is 12.3. The van der Waals surface area contributed by atoms with Crippen molar-refractivity contribution in [3.63, 3.8) is 0 Å². The largest absolute Gasteiger partial charge is 0.444 e. The Labute approximate surface area is 167 Å². The van der Waals surface area contributed by atoms with Crippen molar-refractivity contribution in [2.45, 2.75) is 84.0 Å². The molecule has 2 rings (SSSR count). The summed E-state index contributed by atoms with van der Waals surface area (Å²) in [4.78, 5) is 18.5. The molecule has 1 amide bonds. The van der Waals surface area contributed by atoms with Crippen LogP contribution in [0.15, 0.2) is 6.20 Å². The molecule has 1 aliphatic rings. The van der Waals surface area contributed by atoms with Gasteiger partial charge in [0.2, 0.25) is 0 Å². The highest BCUT2D eigenvalue weighted by Crippen LogP contribution is 2.30. The number of likely N-dealkylation sites (tertiary alicyclic amines) is 1. The van der Waals surface area contributed by atoms with Gasteiger partial charge in [0.15, 0.2) is 0 Å². The van der Waals surface area contributed by atoms with Crippen LogP contribution in [-0.2, 0) is 9.39 Å². The summed E-state index contributed by atoms with van der Waals surface area (Å²) in [7, 11) is 1.68. The molecule has 1 aliphatic heterocycles. The Balaban J connectivity index is 1.87. The molecule has 1 aromatic heterocycles. The van der Waals surface area contributed by atoms with Gasteiger partial charge in [-0.2, -0.15) is 0 Å². The van der Waals surface area contributed by atoms with E-state index in [0.717, 1.165) is 22.6 Å². The summed E-state index contributed by atoms with van der Waals surface area (Å²) < 4.78 is 12.2. The molecule has 0 bridgehead atoms. The SMILES string of the molecule is CC(C)(C)OC(=O)N1CCC(c2ncc([B]OC(C)(C)C(C)(C)O)s2)CC1. The number of carbonyl (C=O) groups excluding carboxylic acids is 1. The van der Waals surface area contributed by atoms with Gasteiger partial charge in [0.1, 0.15) is 5.60 Å². The minimum atomic E-state index is -0.953. The van der Waals surface area contributed by atoms with Gasteiger partial charge in [-0.15, -0.1) is 11.3 Å². The van der Waals surface area contributed by atoms with Crippen LogP contribution in [0.5, 0.6) is 0 Å². The topological polar surface area (TPSA) is 71.9 Å². The summed E-state index contributed by atoms with van der Waals surface area (Å²) in [6.07, 6.45) is 3.32. The van der Waals surface area contributed by atoms with Crippen molar-refractivity contribution in [1.29, 1.82) is 0 Å². The Hall–Kier alpha value is -1.12. The van der Waals surface area contributed by atoms with Crippen LogP contribution < -0.4 is 4.78 Å². The average molecular weight is 395 g/mol. The van der Waals surface area contributed by atoms with Crippen molar-refractivity contribution in [1.82, 2.24) is 9.88 Å². The Morgan fingerprint density at radius 3 is 2.33 bits per heavy atom. The van der Waals surface area contributed by atoms with Crippen LogP contribution in [-0.4, -0.2) is 58.5 Å². The molecule has 0 saturated carbocycles. The number of rotatable bonds is 5. The van der Waals surface area contributed by atoms with Crippen molar-refractivity contribution >= 4 is 29.7 Å². The van der Waals surface area contributed by atoms with Gasteiger partial charge in [-0.3, -0.25) is 0 Å². The number of piperidine rings is 1. The van der Waals surface area contributed by atoms with Crippen molar-refractivity contribution < 1.29 is 19.3 Å². The van der Waals surface area contributed by atoms with Gasteiger partial charge in [0.25, 0.3) is 0 Å². The lowest BCUT2D eigenvalue weighted by molar-refractivity contribution is -0.0892. The molecule has 2 heterocycles. The van der Waals surface area contributed by atoms with E-state index in [1.54, 1.807) is 43.8 Å². The maximum Gasteiger partial charge on any atom is 0.410 e. The molecule has 151 valence electrons. The zero-order chi connectivity index (χ0) is 20.5. The first kappa shape index (κ1) is 22.2. The third-order valence-corrected chi connectivity index (χ3v) is 6.07. The monoisotopic (exact) mass is 395 g/mol. The van der Waals surface area contributed by atoms with Crippen molar-refractivity contribution in [2.24, 2.45) is 0 Å². The van der Waals surface area contributed by atoms with E-state index in [4.69, 9.17) is 9.39 Å². The van der Waals surface area contributed by atoms with Gasteiger partial charge in [0.05, 0.1) is 16.2 Å². The molecule has 1 saturated heterocycles. The van der Waals surface area contributed by atoms with Crippen LogP contribution in [0.25, 0.3) is 0 Å². The van der Waals surface area contributed by atoms with E-state index in [9.17, 15) is 9.90 Å². The fourth-order valence-corrected chi connectivity index (χ4v) is 3.48. The third-order valence-electron chi connectivity index (χ3n) is 4.98. The first-order valence-corrected chi connectivity index (χ1v) is 10.3. The number of hydrogen-bond acceptors (Lipinski definition) is 6. The number of hydrogen-bond donors (Lipinski definition) is 1. The van der Waals surface area contributed by atoms with Gasteiger partial charge in [-0.25, -0.2) is 9.78 Å². The van der Waals surface area contributed by atoms with Crippen molar-refractivity contribution in [2.75, 3.05) is 13.1 Å². The number of thiazole rings is 1. The van der Waals surface area contributed by atoms with Crippen LogP contribution in [0.2, 0.25) is 0 Å². The van der Waals surface area contributed by atoms with Gasteiger partial charge >= 0.3 is 13.6 Å². The maximum absolute atomic E-state index is 12.2. The van der Waals surface area contributed by atoms with E-state index >= 15 is 0 Å². The number of carbonyl (C=O) groups is 1. The Morgan fingerprint density at radius 2 is 1.81 bits per heavy atom. The van der Waals surface area contributed by atoms with E-state index in [-0.39, 0.29) is 6.09 Å². The molecule has 0 aromatic carbocycles. The third kappa shape index (κ3) is 6.19. The summed E-state index contributed by atoms with van der Waals surface area (Å²) in [5, 5.41) is 11.2. The highest BCUT2D eigenvalue weighted by Gasteiger charge is 2.36. The Bertz CT molecular complexity index is 641. The number of nitrogens with zero attached hydrogens (tertiary/aromatic N) is 2. The molecular formula is C19H32BN2O4S. The second-order valence-corrected chi connectivity index (χ2v) is 10.2. The predicted molar refractivity (Wildman–Crippen MR) is 109 cm³/mol. The molecule has 6 nitrogen and oxygen atoms in total. The lowest BCUT2D eigenvalue weighted by Crippen LogP contribution is -2.49. The second-order valence-electron chi connectivity index (χ2n) is 9.15. The number of amides is 1. The van der Waals surface area contributed by atoms with E-state index < -0.39 is 16.8 Å². The lowest BCUT2D eigenvalue weighted by atomic mass is 9.86. The van der Waals surface area contributed by atoms with Gasteiger partial charge in [0, 0.05) is 30.0 Å². The minimum absolute atomic E-state index is 0.239. The predicted octanol–water partition coefficient (Wildman–Crippen LogP) is 3.07. The average Bonchev–Trinajstić information content (AvgIpc) is 2.99. The highest BCUT2D eigenvalue weighted by molar-refractivity contribution is 7.20. The molecule has 1 N–H and O–H groups in total. The standard InChI is InChI=1S/C19H32BN2O4S/c1-17(2,3)25-16(23)22-10-8-13(9-11-22)15-21-12-14(27-15)20-26-19(6,7)18(4,5)24/h12-13,24H,8-11H2,1-7H3. The quantitative estimate of drug-likeness (QED) is 0.776. The smallest absolute Gasteiger partial charge is 0.410 e. The molecule has 0 atom stereocenters. The van der Waals surface area contributed by atoms with Crippen LogP contribution in [0.3, 0.4) is 0 Å². The second kappa shape index (κ2) is 8.09. The fraction of sp³-hybridized carbons (Fsp3) is 0.789. The molecule has 1 aromatic rings. The Morgan fingerprint density at radius 1 is 1.22 bits per heavy atom. The van der Waals surface area contributed by atoms with Crippen LogP contribution >= 0.6 is 11.3 Å².